The molecule has 0 saturated heterocycles. The lowest BCUT2D eigenvalue weighted by molar-refractivity contribution is -0.111. The van der Waals surface area contributed by atoms with Crippen LogP contribution in [0, 0.1) is 0 Å². The number of pyridine rings is 1. The summed E-state index contributed by atoms with van der Waals surface area (Å²) in [7, 11) is 0. The zero-order chi connectivity index (χ0) is 14.9. The van der Waals surface area contributed by atoms with Crippen LogP contribution in [0.15, 0.2) is 54.7 Å². The number of nitrogens with zero attached hydrogens (tertiary/aromatic N) is 1. The van der Waals surface area contributed by atoms with E-state index in [1.54, 1.807) is 24.4 Å². The number of amides is 1. The average molecular weight is 283 g/mol. The quantitative estimate of drug-likeness (QED) is 0.710. The van der Waals surface area contributed by atoms with E-state index in [4.69, 9.17) is 5.11 Å². The molecule has 0 spiro atoms. The normalized spacial score (nSPS) is 10.5. The van der Waals surface area contributed by atoms with Crippen LogP contribution in [0.3, 0.4) is 0 Å². The molecule has 0 bridgehead atoms. The Bertz CT molecular complexity index is 595. The second-order valence-electron chi connectivity index (χ2n) is 4.32. The first-order valence-corrected chi connectivity index (χ1v) is 6.63. The van der Waals surface area contributed by atoms with Gasteiger partial charge in [-0.05, 0) is 23.8 Å². The molecule has 0 aliphatic carbocycles. The summed E-state index contributed by atoms with van der Waals surface area (Å²) in [5, 5.41) is 14.4. The summed E-state index contributed by atoms with van der Waals surface area (Å²) >= 11 is 0. The number of rotatable bonds is 6. The molecule has 1 aromatic heterocycles. The lowest BCUT2D eigenvalue weighted by Gasteiger charge is -2.05. The molecule has 1 amide bonds. The maximum Gasteiger partial charge on any atom is 0.248 e. The molecule has 0 saturated carbocycles. The van der Waals surface area contributed by atoms with E-state index in [2.05, 4.69) is 15.6 Å². The first-order chi connectivity index (χ1) is 10.3. The minimum Gasteiger partial charge on any atom is -0.395 e. The van der Waals surface area contributed by atoms with Crippen molar-refractivity contribution in [3.8, 4) is 0 Å². The highest BCUT2D eigenvalue weighted by molar-refractivity contribution is 6.01. The predicted molar refractivity (Wildman–Crippen MR) is 83.9 cm³/mol. The summed E-state index contributed by atoms with van der Waals surface area (Å²) in [4.78, 5) is 15.9. The van der Waals surface area contributed by atoms with Gasteiger partial charge in [0, 0.05) is 12.6 Å². The highest BCUT2D eigenvalue weighted by Crippen LogP contribution is 2.09. The van der Waals surface area contributed by atoms with Gasteiger partial charge in [-0.2, -0.15) is 0 Å². The fraction of sp³-hybridized carbons (Fsp3) is 0.125. The van der Waals surface area contributed by atoms with Gasteiger partial charge in [-0.3, -0.25) is 4.79 Å². The van der Waals surface area contributed by atoms with E-state index in [1.165, 1.54) is 6.08 Å². The van der Waals surface area contributed by atoms with Crippen molar-refractivity contribution in [2.45, 2.75) is 0 Å². The number of carbonyl (C=O) groups excluding carboxylic acids is 1. The topological polar surface area (TPSA) is 74.2 Å². The minimum absolute atomic E-state index is 0.0461. The molecule has 5 heteroatoms. The van der Waals surface area contributed by atoms with Crippen molar-refractivity contribution in [1.29, 1.82) is 0 Å². The summed E-state index contributed by atoms with van der Waals surface area (Å²) in [6.07, 6.45) is 4.79. The van der Waals surface area contributed by atoms with E-state index in [0.717, 1.165) is 5.56 Å². The van der Waals surface area contributed by atoms with Crippen LogP contribution in [0.4, 0.5) is 11.5 Å². The van der Waals surface area contributed by atoms with E-state index < -0.39 is 0 Å². The fourth-order valence-corrected chi connectivity index (χ4v) is 1.68. The lowest BCUT2D eigenvalue weighted by Crippen LogP contribution is -2.09. The monoisotopic (exact) mass is 283 g/mol. The summed E-state index contributed by atoms with van der Waals surface area (Å²) in [5.74, 6) is 0.443. The molecular weight excluding hydrogens is 266 g/mol. The number of aromatic nitrogens is 1. The second kappa shape index (κ2) is 7.81. The van der Waals surface area contributed by atoms with Gasteiger partial charge in [-0.1, -0.05) is 30.3 Å². The van der Waals surface area contributed by atoms with Crippen LogP contribution in [0.5, 0.6) is 0 Å². The molecule has 3 N–H and O–H groups in total. The second-order valence-corrected chi connectivity index (χ2v) is 4.32. The van der Waals surface area contributed by atoms with Crippen molar-refractivity contribution in [2.75, 3.05) is 23.8 Å². The van der Waals surface area contributed by atoms with Gasteiger partial charge in [-0.15, -0.1) is 0 Å². The van der Waals surface area contributed by atoms with E-state index in [9.17, 15) is 4.79 Å². The molecule has 1 heterocycles. The van der Waals surface area contributed by atoms with Gasteiger partial charge in [0.15, 0.2) is 0 Å². The summed E-state index contributed by atoms with van der Waals surface area (Å²) in [5.41, 5.74) is 1.58. The third-order valence-electron chi connectivity index (χ3n) is 2.68. The molecule has 0 unspecified atom stereocenters. The van der Waals surface area contributed by atoms with Crippen molar-refractivity contribution >= 4 is 23.5 Å². The highest BCUT2D eigenvalue weighted by Gasteiger charge is 1.99. The van der Waals surface area contributed by atoms with Crippen molar-refractivity contribution in [3.05, 3.63) is 60.3 Å². The van der Waals surface area contributed by atoms with Crippen LogP contribution in [0.2, 0.25) is 0 Å². The van der Waals surface area contributed by atoms with Crippen LogP contribution in [-0.2, 0) is 4.79 Å². The molecule has 108 valence electrons. The van der Waals surface area contributed by atoms with Crippen LogP contribution >= 0.6 is 0 Å². The Morgan fingerprint density at radius 1 is 1.19 bits per heavy atom. The molecule has 5 nitrogen and oxygen atoms in total. The number of aliphatic hydroxyl groups excluding tert-OH is 1. The van der Waals surface area contributed by atoms with Gasteiger partial charge < -0.3 is 15.7 Å². The highest BCUT2D eigenvalue weighted by atomic mass is 16.3. The smallest absolute Gasteiger partial charge is 0.248 e. The van der Waals surface area contributed by atoms with Crippen LogP contribution in [0.25, 0.3) is 6.08 Å². The number of hydrogen-bond donors (Lipinski definition) is 3. The van der Waals surface area contributed by atoms with Crippen LogP contribution in [0.1, 0.15) is 5.56 Å². The van der Waals surface area contributed by atoms with E-state index in [-0.39, 0.29) is 12.5 Å². The number of benzene rings is 1. The Labute approximate surface area is 123 Å². The standard InChI is InChI=1S/C16H17N3O2/c20-11-10-17-15-8-7-14(12-18-15)19-16(21)9-6-13-4-2-1-3-5-13/h1-9,12,20H,10-11H2,(H,17,18)(H,19,21)/b9-6+. The molecular formula is C16H17N3O2. The van der Waals surface area contributed by atoms with Crippen molar-refractivity contribution in [1.82, 2.24) is 4.98 Å². The van der Waals surface area contributed by atoms with Gasteiger partial charge in [0.1, 0.15) is 5.82 Å². The van der Waals surface area contributed by atoms with Crippen molar-refractivity contribution in [3.63, 3.8) is 0 Å². The largest absolute Gasteiger partial charge is 0.395 e. The third kappa shape index (κ3) is 5.08. The minimum atomic E-state index is -0.211. The third-order valence-corrected chi connectivity index (χ3v) is 2.68. The average Bonchev–Trinajstić information content (AvgIpc) is 2.53. The molecule has 0 aliphatic rings. The molecule has 0 aliphatic heterocycles. The Balaban J connectivity index is 1.89. The van der Waals surface area contributed by atoms with E-state index in [1.807, 2.05) is 30.3 Å². The lowest BCUT2D eigenvalue weighted by atomic mass is 10.2. The van der Waals surface area contributed by atoms with Gasteiger partial charge in [-0.25, -0.2) is 4.98 Å². The Morgan fingerprint density at radius 2 is 2.00 bits per heavy atom. The van der Waals surface area contributed by atoms with Crippen LogP contribution in [-0.4, -0.2) is 29.1 Å². The first kappa shape index (κ1) is 14.7. The number of aliphatic hydroxyl groups is 1. The summed E-state index contributed by atoms with van der Waals surface area (Å²) in [6.45, 7) is 0.489. The number of hydrogen-bond acceptors (Lipinski definition) is 4. The number of carbonyl (C=O) groups is 1. The zero-order valence-corrected chi connectivity index (χ0v) is 11.5. The molecule has 0 atom stereocenters. The molecule has 1 aromatic carbocycles. The van der Waals surface area contributed by atoms with Crippen LogP contribution < -0.4 is 10.6 Å². The van der Waals surface area contributed by atoms with Gasteiger partial charge in [0.05, 0.1) is 18.5 Å². The molecule has 0 radical (unpaired) electrons. The molecule has 21 heavy (non-hydrogen) atoms. The van der Waals surface area contributed by atoms with E-state index in [0.29, 0.717) is 18.1 Å². The molecule has 2 rings (SSSR count). The summed E-state index contributed by atoms with van der Waals surface area (Å²) < 4.78 is 0. The van der Waals surface area contributed by atoms with Gasteiger partial charge >= 0.3 is 0 Å². The molecule has 2 aromatic rings. The first-order valence-electron chi connectivity index (χ1n) is 6.63. The van der Waals surface area contributed by atoms with Crippen molar-refractivity contribution < 1.29 is 9.90 Å². The Hall–Kier alpha value is -2.66. The van der Waals surface area contributed by atoms with Gasteiger partial charge in [0.25, 0.3) is 0 Å². The SMILES string of the molecule is O=C(/C=C/c1ccccc1)Nc1ccc(NCCO)nc1. The zero-order valence-electron chi connectivity index (χ0n) is 11.5. The summed E-state index contributed by atoms with van der Waals surface area (Å²) in [6, 6.07) is 13.1. The Kier molecular flexibility index (Phi) is 5.49. The van der Waals surface area contributed by atoms with Gasteiger partial charge in [0.2, 0.25) is 5.91 Å². The maximum atomic E-state index is 11.8. The van der Waals surface area contributed by atoms with E-state index >= 15 is 0 Å². The number of anilines is 2. The fourth-order valence-electron chi connectivity index (χ4n) is 1.68. The Morgan fingerprint density at radius 3 is 2.67 bits per heavy atom. The maximum absolute atomic E-state index is 11.8. The number of nitrogens with one attached hydrogen (secondary N) is 2. The molecule has 0 fully saturated rings. The van der Waals surface area contributed by atoms with Crippen molar-refractivity contribution in [2.24, 2.45) is 0 Å². The predicted octanol–water partition coefficient (Wildman–Crippen LogP) is 2.14.